The second kappa shape index (κ2) is 4.53. The average Bonchev–Trinajstić information content (AvgIpc) is 2.16. The lowest BCUT2D eigenvalue weighted by Crippen LogP contribution is -2.14. The minimum Gasteiger partial charge on any atom is -0.298 e. The van der Waals surface area contributed by atoms with Crippen LogP contribution in [0.25, 0.3) is 0 Å². The summed E-state index contributed by atoms with van der Waals surface area (Å²) < 4.78 is 35.6. The first-order valence-corrected chi connectivity index (χ1v) is 6.03. The molecule has 1 atom stereocenters. The minimum absolute atomic E-state index is 0.0394. The number of sulfone groups is 1. The smallest absolute Gasteiger partial charge is 0.181 e. The summed E-state index contributed by atoms with van der Waals surface area (Å²) in [4.78, 5) is 10.4. The van der Waals surface area contributed by atoms with Crippen molar-refractivity contribution in [2.75, 3.05) is 5.75 Å². The number of carbonyl (C=O) groups excluding carboxylic acids is 1. The molecule has 0 radical (unpaired) electrons. The zero-order chi connectivity index (χ0) is 11.5. The van der Waals surface area contributed by atoms with E-state index in [-0.39, 0.29) is 4.90 Å². The molecule has 1 unspecified atom stereocenters. The third-order valence-corrected chi connectivity index (χ3v) is 3.71. The van der Waals surface area contributed by atoms with Crippen LogP contribution in [-0.4, -0.2) is 26.6 Å². The second-order valence-electron chi connectivity index (χ2n) is 3.25. The van der Waals surface area contributed by atoms with Gasteiger partial charge < -0.3 is 0 Å². The number of aldehydes is 1. The van der Waals surface area contributed by atoms with E-state index < -0.39 is 21.8 Å². The van der Waals surface area contributed by atoms with Gasteiger partial charge in [-0.3, -0.25) is 4.79 Å². The molecule has 1 rings (SSSR count). The molecular weight excluding hydrogens is 219 g/mol. The summed E-state index contributed by atoms with van der Waals surface area (Å²) in [5, 5.41) is 0. The van der Waals surface area contributed by atoms with Gasteiger partial charge in [-0.25, -0.2) is 12.8 Å². The highest BCUT2D eigenvalue weighted by Gasteiger charge is 2.17. The topological polar surface area (TPSA) is 51.2 Å². The quantitative estimate of drug-likeness (QED) is 0.739. The monoisotopic (exact) mass is 230 g/mol. The Hall–Kier alpha value is -1.23. The van der Waals surface area contributed by atoms with Crippen LogP contribution in [0, 0.1) is 0 Å². The lowest BCUT2D eigenvalue weighted by Gasteiger charge is -2.04. The highest BCUT2D eigenvalue weighted by atomic mass is 32.2. The Morgan fingerprint density at radius 3 is 2.27 bits per heavy atom. The molecule has 0 aliphatic rings. The maximum atomic E-state index is 12.6. The number of rotatable bonds is 4. The second-order valence-corrected chi connectivity index (χ2v) is 5.28. The average molecular weight is 230 g/mol. The summed E-state index contributed by atoms with van der Waals surface area (Å²) in [5.41, 5.74) is 0.391. The van der Waals surface area contributed by atoms with E-state index in [1.807, 2.05) is 0 Å². The Balaban J connectivity index is 3.00. The van der Waals surface area contributed by atoms with E-state index >= 15 is 0 Å². The van der Waals surface area contributed by atoms with Gasteiger partial charge >= 0.3 is 0 Å². The molecule has 0 amide bonds. The van der Waals surface area contributed by atoms with Crippen LogP contribution in [-0.2, 0) is 9.84 Å². The maximum Gasteiger partial charge on any atom is 0.181 e. The fourth-order valence-electron chi connectivity index (χ4n) is 1.15. The summed E-state index contributed by atoms with van der Waals surface area (Å²) in [5.74, 6) is -0.534. The maximum absolute atomic E-state index is 12.6. The van der Waals surface area contributed by atoms with Crippen LogP contribution in [0.5, 0.6) is 0 Å². The van der Waals surface area contributed by atoms with Gasteiger partial charge in [-0.15, -0.1) is 0 Å². The van der Waals surface area contributed by atoms with Crippen molar-refractivity contribution in [2.24, 2.45) is 0 Å². The highest BCUT2D eigenvalue weighted by molar-refractivity contribution is 7.91. The van der Waals surface area contributed by atoms with Crippen molar-refractivity contribution in [3.8, 4) is 0 Å². The van der Waals surface area contributed by atoms with Crippen LogP contribution in [0.4, 0.5) is 4.39 Å². The Kier molecular flexibility index (Phi) is 3.57. The predicted molar refractivity (Wildman–Crippen MR) is 54.5 cm³/mol. The standard InChI is InChI=1S/C10H11FO3S/c1-8(11)7-15(13,14)10-4-2-9(6-12)3-5-10/h2-6,8H,7H2,1H3. The summed E-state index contributed by atoms with van der Waals surface area (Å²) in [6, 6.07) is 5.40. The van der Waals surface area contributed by atoms with Crippen molar-refractivity contribution in [1.82, 2.24) is 0 Å². The summed E-state index contributed by atoms with van der Waals surface area (Å²) >= 11 is 0. The van der Waals surface area contributed by atoms with Gasteiger partial charge in [-0.05, 0) is 19.1 Å². The SMILES string of the molecule is CC(F)CS(=O)(=O)c1ccc(C=O)cc1. The van der Waals surface area contributed by atoms with Crippen molar-refractivity contribution in [1.29, 1.82) is 0 Å². The lowest BCUT2D eigenvalue weighted by atomic mass is 10.2. The Labute approximate surface area is 87.8 Å². The first-order chi connectivity index (χ1) is 6.95. The van der Waals surface area contributed by atoms with Crippen molar-refractivity contribution in [3.63, 3.8) is 0 Å². The van der Waals surface area contributed by atoms with Gasteiger partial charge in [0.15, 0.2) is 9.84 Å². The van der Waals surface area contributed by atoms with Gasteiger partial charge in [0.2, 0.25) is 0 Å². The van der Waals surface area contributed by atoms with E-state index in [0.717, 1.165) is 0 Å². The van der Waals surface area contributed by atoms with Crippen molar-refractivity contribution in [2.45, 2.75) is 18.0 Å². The van der Waals surface area contributed by atoms with Crippen molar-refractivity contribution >= 4 is 16.1 Å². The van der Waals surface area contributed by atoms with Crippen LogP contribution in [0.3, 0.4) is 0 Å². The summed E-state index contributed by atoms with van der Waals surface area (Å²) in [6.45, 7) is 1.19. The summed E-state index contributed by atoms with van der Waals surface area (Å²) in [6.07, 6.45) is -0.783. The number of alkyl halides is 1. The van der Waals surface area contributed by atoms with Gasteiger partial charge in [0.1, 0.15) is 12.5 Å². The normalized spacial score (nSPS) is 13.5. The predicted octanol–water partition coefficient (Wildman–Crippen LogP) is 1.63. The van der Waals surface area contributed by atoms with Crippen molar-refractivity contribution in [3.05, 3.63) is 29.8 Å². The Morgan fingerprint density at radius 2 is 1.87 bits per heavy atom. The van der Waals surface area contributed by atoms with Crippen LogP contribution in [0.1, 0.15) is 17.3 Å². The number of carbonyl (C=O) groups is 1. The van der Waals surface area contributed by atoms with E-state index in [9.17, 15) is 17.6 Å². The largest absolute Gasteiger partial charge is 0.298 e. The van der Waals surface area contributed by atoms with E-state index in [2.05, 4.69) is 0 Å². The molecule has 0 bridgehead atoms. The molecule has 1 aromatic rings. The third kappa shape index (κ3) is 3.13. The molecule has 0 fully saturated rings. The van der Waals surface area contributed by atoms with Gasteiger partial charge in [-0.1, -0.05) is 12.1 Å². The molecule has 0 aliphatic heterocycles. The van der Waals surface area contributed by atoms with Gasteiger partial charge in [-0.2, -0.15) is 0 Å². The fourth-order valence-corrected chi connectivity index (χ4v) is 2.50. The molecule has 0 N–H and O–H groups in total. The molecule has 0 heterocycles. The van der Waals surface area contributed by atoms with E-state index in [0.29, 0.717) is 11.8 Å². The molecule has 0 saturated carbocycles. The molecule has 5 heteroatoms. The van der Waals surface area contributed by atoms with E-state index in [1.54, 1.807) is 0 Å². The van der Waals surface area contributed by atoms with Crippen LogP contribution in [0.2, 0.25) is 0 Å². The zero-order valence-corrected chi connectivity index (χ0v) is 9.00. The first-order valence-electron chi connectivity index (χ1n) is 4.38. The molecule has 1 aromatic carbocycles. The Bertz CT molecular complexity index is 434. The number of hydrogen-bond acceptors (Lipinski definition) is 3. The molecule has 82 valence electrons. The molecule has 0 spiro atoms. The molecule has 0 saturated heterocycles. The molecule has 3 nitrogen and oxygen atoms in total. The first kappa shape index (κ1) is 11.8. The van der Waals surface area contributed by atoms with E-state index in [4.69, 9.17) is 0 Å². The van der Waals surface area contributed by atoms with Crippen molar-refractivity contribution < 1.29 is 17.6 Å². The summed E-state index contributed by atoms with van der Waals surface area (Å²) in [7, 11) is -3.58. The third-order valence-electron chi connectivity index (χ3n) is 1.82. The number of hydrogen-bond donors (Lipinski definition) is 0. The fraction of sp³-hybridized carbons (Fsp3) is 0.300. The van der Waals surface area contributed by atoms with Crippen LogP contribution >= 0.6 is 0 Å². The van der Waals surface area contributed by atoms with Gasteiger partial charge in [0.25, 0.3) is 0 Å². The van der Waals surface area contributed by atoms with Crippen LogP contribution < -0.4 is 0 Å². The van der Waals surface area contributed by atoms with E-state index in [1.165, 1.54) is 31.2 Å². The van der Waals surface area contributed by atoms with Gasteiger partial charge in [0.05, 0.1) is 10.6 Å². The highest BCUT2D eigenvalue weighted by Crippen LogP contribution is 2.13. The zero-order valence-electron chi connectivity index (χ0n) is 8.18. The molecular formula is C10H11FO3S. The molecule has 0 aliphatic carbocycles. The Morgan fingerprint density at radius 1 is 1.33 bits per heavy atom. The molecule has 15 heavy (non-hydrogen) atoms. The minimum atomic E-state index is -3.58. The number of benzene rings is 1. The molecule has 0 aromatic heterocycles. The lowest BCUT2D eigenvalue weighted by molar-refractivity contribution is 0.112. The number of halogens is 1. The van der Waals surface area contributed by atoms with Gasteiger partial charge in [0, 0.05) is 5.56 Å². The van der Waals surface area contributed by atoms with Crippen LogP contribution in [0.15, 0.2) is 29.2 Å².